The summed E-state index contributed by atoms with van der Waals surface area (Å²) in [7, 11) is -4.60. The maximum atomic E-state index is 12.8. The van der Waals surface area contributed by atoms with Crippen molar-refractivity contribution >= 4 is 22.1 Å². The SMILES string of the molecule is CCCCC/C=C/C/C=C/CCCCCCCC(=O)OC[C@H](CO[C@H]1O[C@H](CS(=O)(=O)O)[C@@H](O)C(O)C1O)OC(=O)CCCCCCCCCCCCCCC. The molecule has 0 spiro atoms. The normalized spacial score (nSPS) is 20.9. The quantitative estimate of drug-likeness (QED) is 0.0205. The van der Waals surface area contributed by atoms with Crippen molar-refractivity contribution in [3.63, 3.8) is 0 Å². The number of ether oxygens (including phenoxy) is 4. The molecule has 0 aromatic carbocycles. The van der Waals surface area contributed by atoms with Gasteiger partial charge in [0.05, 0.1) is 6.61 Å². The molecule has 0 saturated carbocycles. The third-order valence-corrected chi connectivity index (χ3v) is 10.8. The molecule has 1 fully saturated rings. The zero-order valence-corrected chi connectivity index (χ0v) is 35.6. The number of hydrogen-bond donors (Lipinski definition) is 4. The molecule has 1 saturated heterocycles. The minimum absolute atomic E-state index is 0.165. The summed E-state index contributed by atoms with van der Waals surface area (Å²) < 4.78 is 54.0. The molecule has 13 heteroatoms. The van der Waals surface area contributed by atoms with Gasteiger partial charge in [0.15, 0.2) is 12.4 Å². The van der Waals surface area contributed by atoms with Gasteiger partial charge in [0.25, 0.3) is 10.1 Å². The highest BCUT2D eigenvalue weighted by Gasteiger charge is 2.46. The van der Waals surface area contributed by atoms with Gasteiger partial charge in [0.2, 0.25) is 0 Å². The molecule has 0 amide bonds. The Morgan fingerprint density at radius 3 is 1.61 bits per heavy atom. The molecule has 0 radical (unpaired) electrons. The Bertz CT molecular complexity index is 1140. The molecule has 0 aromatic heterocycles. The lowest BCUT2D eigenvalue weighted by Gasteiger charge is -2.40. The van der Waals surface area contributed by atoms with E-state index in [1.165, 1.54) is 77.0 Å². The number of unbranched alkanes of at least 4 members (excludes halogenated alkanes) is 20. The van der Waals surface area contributed by atoms with Crippen LogP contribution in [-0.2, 0) is 38.7 Å². The van der Waals surface area contributed by atoms with Crippen LogP contribution >= 0.6 is 0 Å². The first kappa shape index (κ1) is 52.1. The maximum Gasteiger partial charge on any atom is 0.306 e. The number of rotatable bonds is 36. The third kappa shape index (κ3) is 28.5. The number of aliphatic hydroxyl groups excluding tert-OH is 3. The van der Waals surface area contributed by atoms with Crippen LogP contribution in [0, 0.1) is 0 Å². The Morgan fingerprint density at radius 2 is 1.07 bits per heavy atom. The predicted octanol–water partition coefficient (Wildman–Crippen LogP) is 8.45. The van der Waals surface area contributed by atoms with Gasteiger partial charge in [0, 0.05) is 12.8 Å². The Balaban J connectivity index is 2.47. The molecule has 4 N–H and O–H groups in total. The van der Waals surface area contributed by atoms with Gasteiger partial charge in [-0.1, -0.05) is 147 Å². The minimum Gasteiger partial charge on any atom is -0.462 e. The molecular weight excluding hydrogens is 741 g/mol. The highest BCUT2D eigenvalue weighted by molar-refractivity contribution is 7.85. The lowest BCUT2D eigenvalue weighted by Crippen LogP contribution is -2.60. The summed E-state index contributed by atoms with van der Waals surface area (Å²) in [4.78, 5) is 25.3. The van der Waals surface area contributed by atoms with Gasteiger partial charge in [-0.25, -0.2) is 0 Å². The lowest BCUT2D eigenvalue weighted by molar-refractivity contribution is -0.297. The monoisotopic (exact) mass is 819 g/mol. The highest BCUT2D eigenvalue weighted by Crippen LogP contribution is 2.24. The van der Waals surface area contributed by atoms with E-state index in [-0.39, 0.29) is 19.4 Å². The number of aliphatic hydroxyl groups is 3. The van der Waals surface area contributed by atoms with Crippen LogP contribution in [0.15, 0.2) is 24.3 Å². The Kier molecular flexibility index (Phi) is 31.7. The molecule has 1 aliphatic heterocycles. The smallest absolute Gasteiger partial charge is 0.306 e. The van der Waals surface area contributed by atoms with Crippen LogP contribution in [0.25, 0.3) is 0 Å². The van der Waals surface area contributed by atoms with E-state index in [0.29, 0.717) is 12.8 Å². The van der Waals surface area contributed by atoms with E-state index < -0.39 is 71.2 Å². The molecule has 2 unspecified atom stereocenters. The molecular formula is C43H78O12S. The predicted molar refractivity (Wildman–Crippen MR) is 220 cm³/mol. The van der Waals surface area contributed by atoms with Crippen LogP contribution in [0.3, 0.4) is 0 Å². The third-order valence-electron chi connectivity index (χ3n) is 10.0. The largest absolute Gasteiger partial charge is 0.462 e. The van der Waals surface area contributed by atoms with Gasteiger partial charge in [0.1, 0.15) is 36.8 Å². The van der Waals surface area contributed by atoms with Crippen molar-refractivity contribution in [3.8, 4) is 0 Å². The van der Waals surface area contributed by atoms with Crippen molar-refractivity contribution in [2.24, 2.45) is 0 Å². The summed E-state index contributed by atoms with van der Waals surface area (Å²) in [5, 5.41) is 30.8. The molecule has 328 valence electrons. The van der Waals surface area contributed by atoms with E-state index in [1.807, 2.05) is 0 Å². The summed E-state index contributed by atoms with van der Waals surface area (Å²) in [5.74, 6) is -1.99. The fraction of sp³-hybridized carbons (Fsp3) is 0.860. The number of hydrogen-bond acceptors (Lipinski definition) is 11. The second-order valence-electron chi connectivity index (χ2n) is 15.4. The van der Waals surface area contributed by atoms with Gasteiger partial charge in [-0.2, -0.15) is 8.42 Å². The second-order valence-corrected chi connectivity index (χ2v) is 16.9. The molecule has 0 aromatic rings. The molecule has 1 heterocycles. The average Bonchev–Trinajstić information content (AvgIpc) is 3.16. The Hall–Kier alpha value is -1.87. The molecule has 6 atom stereocenters. The Labute approximate surface area is 338 Å². The van der Waals surface area contributed by atoms with Crippen LogP contribution < -0.4 is 0 Å². The van der Waals surface area contributed by atoms with Crippen molar-refractivity contribution in [1.82, 2.24) is 0 Å². The fourth-order valence-electron chi connectivity index (χ4n) is 6.59. The number of carbonyl (C=O) groups excluding carboxylic acids is 2. The minimum atomic E-state index is -4.60. The van der Waals surface area contributed by atoms with Crippen LogP contribution in [0.2, 0.25) is 0 Å². The Morgan fingerprint density at radius 1 is 0.607 bits per heavy atom. The van der Waals surface area contributed by atoms with Gasteiger partial charge < -0.3 is 34.3 Å². The van der Waals surface area contributed by atoms with Crippen molar-refractivity contribution in [2.75, 3.05) is 19.0 Å². The molecule has 1 aliphatic rings. The lowest BCUT2D eigenvalue weighted by atomic mass is 10.00. The van der Waals surface area contributed by atoms with E-state index in [1.54, 1.807) is 0 Å². The first-order valence-electron chi connectivity index (χ1n) is 21.9. The summed E-state index contributed by atoms with van der Waals surface area (Å²) in [6.45, 7) is 3.71. The number of allylic oxidation sites excluding steroid dienone is 4. The van der Waals surface area contributed by atoms with Crippen molar-refractivity contribution in [2.45, 2.75) is 218 Å². The number of carbonyl (C=O) groups is 2. The van der Waals surface area contributed by atoms with Gasteiger partial charge in [-0.3, -0.25) is 14.1 Å². The van der Waals surface area contributed by atoms with Crippen LogP contribution in [0.4, 0.5) is 0 Å². The molecule has 12 nitrogen and oxygen atoms in total. The van der Waals surface area contributed by atoms with Crippen LogP contribution in [0.1, 0.15) is 181 Å². The standard InChI is InChI=1S/C43H78O12S/c1-3-5-7-9-11-13-15-17-18-20-21-23-25-27-29-31-38(44)52-33-36(34-53-43-42(48)41(47)40(46)37(55-43)35-56(49,50)51)54-39(45)32-30-28-26-24-22-19-16-14-12-10-8-6-4-2/h11,13,17-18,36-37,40-43,46-48H,3-10,12,14-16,19-35H2,1-2H3,(H,49,50,51)/b13-11+,18-17+/t36-,37-,40-,41?,42?,43+/m1/s1. The van der Waals surface area contributed by atoms with E-state index in [9.17, 15) is 37.9 Å². The first-order valence-corrected chi connectivity index (χ1v) is 23.5. The second kappa shape index (κ2) is 34.0. The number of esters is 2. The zero-order chi connectivity index (χ0) is 41.3. The van der Waals surface area contributed by atoms with Gasteiger partial charge in [-0.05, 0) is 44.9 Å². The van der Waals surface area contributed by atoms with E-state index in [4.69, 9.17) is 18.9 Å². The average molecular weight is 819 g/mol. The van der Waals surface area contributed by atoms with Crippen molar-refractivity contribution < 1.29 is 56.8 Å². The summed E-state index contributed by atoms with van der Waals surface area (Å²) in [5.41, 5.74) is 0. The van der Waals surface area contributed by atoms with E-state index in [2.05, 4.69) is 38.2 Å². The fourth-order valence-corrected chi connectivity index (χ4v) is 7.28. The van der Waals surface area contributed by atoms with Crippen molar-refractivity contribution in [3.05, 3.63) is 24.3 Å². The maximum absolute atomic E-state index is 12.8. The van der Waals surface area contributed by atoms with Crippen LogP contribution in [0.5, 0.6) is 0 Å². The molecule has 0 bridgehead atoms. The van der Waals surface area contributed by atoms with E-state index in [0.717, 1.165) is 64.2 Å². The van der Waals surface area contributed by atoms with E-state index >= 15 is 0 Å². The van der Waals surface area contributed by atoms with Gasteiger partial charge in [-0.15, -0.1) is 0 Å². The zero-order valence-electron chi connectivity index (χ0n) is 34.7. The summed E-state index contributed by atoms with van der Waals surface area (Å²) in [6, 6.07) is 0. The summed E-state index contributed by atoms with van der Waals surface area (Å²) >= 11 is 0. The van der Waals surface area contributed by atoms with Crippen molar-refractivity contribution in [1.29, 1.82) is 0 Å². The highest BCUT2D eigenvalue weighted by atomic mass is 32.2. The molecule has 1 rings (SSSR count). The van der Waals surface area contributed by atoms with Gasteiger partial charge >= 0.3 is 11.9 Å². The molecule has 0 aliphatic carbocycles. The first-order chi connectivity index (χ1) is 27.0. The summed E-state index contributed by atoms with van der Waals surface area (Å²) in [6.07, 6.45) is 26.5. The molecule has 56 heavy (non-hydrogen) atoms. The topological polar surface area (TPSA) is 186 Å². The van der Waals surface area contributed by atoms with Crippen LogP contribution in [-0.4, -0.2) is 96.0 Å².